The van der Waals surface area contributed by atoms with Gasteiger partial charge in [0.2, 0.25) is 0 Å². The summed E-state index contributed by atoms with van der Waals surface area (Å²) in [7, 11) is 0. The van der Waals surface area contributed by atoms with Crippen molar-refractivity contribution in [2.24, 2.45) is 0 Å². The van der Waals surface area contributed by atoms with Crippen LogP contribution < -0.4 is 10.6 Å². The van der Waals surface area contributed by atoms with Gasteiger partial charge in [-0.3, -0.25) is 9.59 Å². The average molecular weight is 401 g/mol. The maximum absolute atomic E-state index is 12.2. The molecule has 0 radical (unpaired) electrons. The molecule has 2 aromatic carbocycles. The van der Waals surface area contributed by atoms with Gasteiger partial charge in [-0.05, 0) is 36.4 Å². The zero-order valence-corrected chi connectivity index (χ0v) is 13.7. The number of hydrogen-bond acceptors (Lipinski definition) is 2. The van der Waals surface area contributed by atoms with Gasteiger partial charge in [-0.2, -0.15) is 13.2 Å². The van der Waals surface area contributed by atoms with Gasteiger partial charge in [0.25, 0.3) is 11.8 Å². The summed E-state index contributed by atoms with van der Waals surface area (Å²) in [5, 5.41) is 4.31. The second-order valence-corrected chi connectivity index (χ2v) is 5.72. The van der Waals surface area contributed by atoms with Gasteiger partial charge in [-0.25, -0.2) is 0 Å². The topological polar surface area (TPSA) is 58.2 Å². The highest BCUT2D eigenvalue weighted by Crippen LogP contribution is 2.18. The molecule has 0 saturated heterocycles. The van der Waals surface area contributed by atoms with Gasteiger partial charge < -0.3 is 10.6 Å². The molecule has 24 heavy (non-hydrogen) atoms. The van der Waals surface area contributed by atoms with E-state index in [1.807, 2.05) is 0 Å². The molecule has 0 aromatic heterocycles. The van der Waals surface area contributed by atoms with E-state index in [4.69, 9.17) is 0 Å². The van der Waals surface area contributed by atoms with E-state index in [1.54, 1.807) is 35.6 Å². The first kappa shape index (κ1) is 18.0. The molecule has 4 nitrogen and oxygen atoms in total. The molecule has 0 bridgehead atoms. The first-order chi connectivity index (χ1) is 11.3. The predicted molar refractivity (Wildman–Crippen MR) is 86.9 cm³/mol. The van der Waals surface area contributed by atoms with Crippen LogP contribution in [0.1, 0.15) is 20.7 Å². The molecule has 2 amide bonds. The Bertz CT molecular complexity index is 746. The van der Waals surface area contributed by atoms with E-state index in [1.165, 1.54) is 18.2 Å². The molecule has 0 aliphatic rings. The Morgan fingerprint density at radius 1 is 0.958 bits per heavy atom. The number of para-hydroxylation sites is 1. The van der Waals surface area contributed by atoms with Crippen molar-refractivity contribution in [3.63, 3.8) is 0 Å². The van der Waals surface area contributed by atoms with Gasteiger partial charge in [-0.1, -0.05) is 28.1 Å². The summed E-state index contributed by atoms with van der Waals surface area (Å²) in [6.07, 6.45) is -4.51. The molecule has 8 heteroatoms. The fraction of sp³-hybridized carbons (Fsp3) is 0.125. The van der Waals surface area contributed by atoms with Crippen LogP contribution in [0, 0.1) is 0 Å². The largest absolute Gasteiger partial charge is 0.405 e. The minimum absolute atomic E-state index is 0.0489. The highest BCUT2D eigenvalue weighted by Gasteiger charge is 2.28. The number of halogens is 4. The van der Waals surface area contributed by atoms with Crippen molar-refractivity contribution in [1.82, 2.24) is 5.32 Å². The van der Waals surface area contributed by atoms with Crippen LogP contribution in [-0.2, 0) is 0 Å². The lowest BCUT2D eigenvalue weighted by atomic mass is 10.1. The summed E-state index contributed by atoms with van der Waals surface area (Å²) in [4.78, 5) is 24.1. The van der Waals surface area contributed by atoms with Crippen molar-refractivity contribution in [2.45, 2.75) is 6.18 Å². The summed E-state index contributed by atoms with van der Waals surface area (Å²) in [6, 6.07) is 12.4. The quantitative estimate of drug-likeness (QED) is 0.814. The summed E-state index contributed by atoms with van der Waals surface area (Å²) in [6.45, 7) is -1.44. The molecule has 0 saturated carbocycles. The van der Waals surface area contributed by atoms with Crippen LogP contribution in [0.15, 0.2) is 53.0 Å². The van der Waals surface area contributed by atoms with E-state index >= 15 is 0 Å². The van der Waals surface area contributed by atoms with Crippen molar-refractivity contribution in [1.29, 1.82) is 0 Å². The maximum Gasteiger partial charge on any atom is 0.405 e. The third-order valence-corrected chi connectivity index (χ3v) is 3.50. The Hall–Kier alpha value is -2.35. The Labute approximate surface area is 144 Å². The first-order valence-electron chi connectivity index (χ1n) is 6.77. The fourth-order valence-electron chi connectivity index (χ4n) is 1.86. The van der Waals surface area contributed by atoms with E-state index in [9.17, 15) is 22.8 Å². The minimum atomic E-state index is -4.51. The highest BCUT2D eigenvalue weighted by molar-refractivity contribution is 9.10. The van der Waals surface area contributed by atoms with Gasteiger partial charge in [0.1, 0.15) is 6.54 Å². The van der Waals surface area contributed by atoms with Crippen LogP contribution in [0.4, 0.5) is 18.9 Å². The zero-order chi connectivity index (χ0) is 17.7. The van der Waals surface area contributed by atoms with Gasteiger partial charge >= 0.3 is 6.18 Å². The number of anilines is 1. The molecule has 0 aliphatic heterocycles. The monoisotopic (exact) mass is 400 g/mol. The van der Waals surface area contributed by atoms with E-state index < -0.39 is 24.5 Å². The first-order valence-corrected chi connectivity index (χ1v) is 7.56. The summed E-state index contributed by atoms with van der Waals surface area (Å²) >= 11 is 3.25. The molecule has 2 aromatic rings. The molecular weight excluding hydrogens is 389 g/mol. The van der Waals surface area contributed by atoms with Crippen LogP contribution in [0.25, 0.3) is 0 Å². The van der Waals surface area contributed by atoms with Crippen LogP contribution in [0.5, 0.6) is 0 Å². The standard InChI is InChI=1S/C16H12BrF3N2O2/c17-11-7-5-10(6-8-11)14(23)22-13-4-2-1-3-12(13)15(24)21-9-16(18,19)20/h1-8H,9H2,(H,21,24)(H,22,23). The van der Waals surface area contributed by atoms with Gasteiger partial charge in [0, 0.05) is 10.0 Å². The fourth-order valence-corrected chi connectivity index (χ4v) is 2.13. The van der Waals surface area contributed by atoms with Crippen molar-refractivity contribution >= 4 is 33.4 Å². The number of rotatable bonds is 4. The summed E-state index contributed by atoms with van der Waals surface area (Å²) in [5.41, 5.74) is 0.431. The van der Waals surface area contributed by atoms with Crippen LogP contribution >= 0.6 is 15.9 Å². The predicted octanol–water partition coefficient (Wildman–Crippen LogP) is 3.99. The second-order valence-electron chi connectivity index (χ2n) is 4.80. The number of benzene rings is 2. The summed E-state index contributed by atoms with van der Waals surface area (Å²) < 4.78 is 37.4. The number of hydrogen-bond donors (Lipinski definition) is 2. The molecule has 2 rings (SSSR count). The molecule has 0 heterocycles. The van der Waals surface area contributed by atoms with Crippen molar-refractivity contribution < 1.29 is 22.8 Å². The maximum atomic E-state index is 12.2. The van der Waals surface area contributed by atoms with Crippen LogP contribution in [-0.4, -0.2) is 24.5 Å². The number of carbonyl (C=O) groups excluding carboxylic acids is 2. The lowest BCUT2D eigenvalue weighted by Crippen LogP contribution is -2.34. The lowest BCUT2D eigenvalue weighted by molar-refractivity contribution is -0.123. The van der Waals surface area contributed by atoms with Crippen molar-refractivity contribution in [2.75, 3.05) is 11.9 Å². The minimum Gasteiger partial charge on any atom is -0.343 e. The normalized spacial score (nSPS) is 11.0. The average Bonchev–Trinajstić information content (AvgIpc) is 2.53. The second kappa shape index (κ2) is 7.48. The molecule has 126 valence electrons. The SMILES string of the molecule is O=C(Nc1ccccc1C(=O)NCC(F)(F)F)c1ccc(Br)cc1. The zero-order valence-electron chi connectivity index (χ0n) is 12.2. The van der Waals surface area contributed by atoms with Gasteiger partial charge in [0.05, 0.1) is 11.3 Å². The van der Waals surface area contributed by atoms with Crippen molar-refractivity contribution in [3.05, 3.63) is 64.1 Å². The number of alkyl halides is 3. The molecule has 0 fully saturated rings. The molecule has 0 unspecified atom stereocenters. The Morgan fingerprint density at radius 3 is 2.21 bits per heavy atom. The molecular formula is C16H12BrF3N2O2. The van der Waals surface area contributed by atoms with Gasteiger partial charge in [0.15, 0.2) is 0 Å². The third-order valence-electron chi connectivity index (χ3n) is 2.98. The Morgan fingerprint density at radius 2 is 1.58 bits per heavy atom. The Balaban J connectivity index is 2.15. The number of amides is 2. The van der Waals surface area contributed by atoms with Crippen LogP contribution in [0.3, 0.4) is 0 Å². The molecule has 2 N–H and O–H groups in total. The van der Waals surface area contributed by atoms with E-state index in [0.29, 0.717) is 5.56 Å². The highest BCUT2D eigenvalue weighted by atomic mass is 79.9. The van der Waals surface area contributed by atoms with Crippen molar-refractivity contribution in [3.8, 4) is 0 Å². The van der Waals surface area contributed by atoms with Gasteiger partial charge in [-0.15, -0.1) is 0 Å². The number of nitrogens with one attached hydrogen (secondary N) is 2. The summed E-state index contributed by atoms with van der Waals surface area (Å²) in [5.74, 6) is -1.39. The lowest BCUT2D eigenvalue weighted by Gasteiger charge is -2.12. The van der Waals surface area contributed by atoms with E-state index in [2.05, 4.69) is 21.2 Å². The smallest absolute Gasteiger partial charge is 0.343 e. The van der Waals surface area contributed by atoms with E-state index in [-0.39, 0.29) is 11.3 Å². The van der Waals surface area contributed by atoms with E-state index in [0.717, 1.165) is 4.47 Å². The Kier molecular flexibility index (Phi) is 5.61. The third kappa shape index (κ3) is 5.09. The molecule has 0 aliphatic carbocycles. The number of carbonyl (C=O) groups is 2. The molecule has 0 spiro atoms. The van der Waals surface area contributed by atoms with Crippen LogP contribution in [0.2, 0.25) is 0 Å². The molecule has 0 atom stereocenters.